The molecule has 20 heavy (non-hydrogen) atoms. The van der Waals surface area contributed by atoms with Crippen molar-refractivity contribution in [3.63, 3.8) is 0 Å². The minimum Gasteiger partial charge on any atom is -0.334 e. The quantitative estimate of drug-likeness (QED) is 0.858. The third kappa shape index (κ3) is 4.12. The predicted octanol–water partition coefficient (Wildman–Crippen LogP) is 3.89. The summed E-state index contributed by atoms with van der Waals surface area (Å²) in [5, 5.41) is 5.73. The molecule has 1 aliphatic carbocycles. The van der Waals surface area contributed by atoms with E-state index in [0.717, 1.165) is 5.56 Å². The zero-order valence-corrected chi connectivity index (χ0v) is 12.4. The summed E-state index contributed by atoms with van der Waals surface area (Å²) in [6, 6.07) is 7.96. The fourth-order valence-electron chi connectivity index (χ4n) is 2.71. The van der Waals surface area contributed by atoms with Gasteiger partial charge in [0.2, 0.25) is 0 Å². The lowest BCUT2D eigenvalue weighted by Crippen LogP contribution is -2.32. The second-order valence-electron chi connectivity index (χ2n) is 5.62. The first-order valence-electron chi connectivity index (χ1n) is 7.42. The number of amides is 2. The molecule has 0 bridgehead atoms. The maximum Gasteiger partial charge on any atom is 0.319 e. The molecule has 0 saturated heterocycles. The number of nitrogens with one attached hydrogen (secondary N) is 2. The van der Waals surface area contributed by atoms with E-state index in [2.05, 4.69) is 30.5 Å². The maximum atomic E-state index is 11.8. The minimum atomic E-state index is -0.134. The summed E-state index contributed by atoms with van der Waals surface area (Å²) >= 11 is 0. The van der Waals surface area contributed by atoms with Gasteiger partial charge in [-0.2, -0.15) is 0 Å². The van der Waals surface area contributed by atoms with Crippen LogP contribution in [0.5, 0.6) is 0 Å². The van der Waals surface area contributed by atoms with Crippen LogP contribution in [0, 0.1) is 12.8 Å². The number of carbonyl (C=O) groups is 1. The van der Waals surface area contributed by atoms with E-state index in [1.807, 2.05) is 24.4 Å². The molecule has 108 valence electrons. The molecule has 0 aliphatic heterocycles. The molecule has 1 aromatic carbocycles. The van der Waals surface area contributed by atoms with Crippen molar-refractivity contribution < 1.29 is 4.79 Å². The van der Waals surface area contributed by atoms with E-state index in [-0.39, 0.29) is 6.03 Å². The number of aryl methyl sites for hydroxylation is 1. The number of allylic oxidation sites excluding steroid dienone is 1. The molecule has 1 aliphatic rings. The van der Waals surface area contributed by atoms with Crippen LogP contribution in [0.25, 0.3) is 0 Å². The van der Waals surface area contributed by atoms with Crippen molar-refractivity contribution >= 4 is 6.03 Å². The summed E-state index contributed by atoms with van der Waals surface area (Å²) in [5.41, 5.74) is 3.64. The first kappa shape index (κ1) is 14.6. The Balaban J connectivity index is 1.78. The maximum absolute atomic E-state index is 11.8. The molecule has 0 radical (unpaired) electrons. The van der Waals surface area contributed by atoms with E-state index in [1.54, 1.807) is 0 Å². The Bertz CT molecular complexity index is 488. The average molecular weight is 272 g/mol. The lowest BCUT2D eigenvalue weighted by atomic mass is 10.0. The Labute approximate surface area is 121 Å². The van der Waals surface area contributed by atoms with Gasteiger partial charge < -0.3 is 10.6 Å². The van der Waals surface area contributed by atoms with Gasteiger partial charge in [-0.25, -0.2) is 4.79 Å². The van der Waals surface area contributed by atoms with Crippen LogP contribution in [-0.4, -0.2) is 6.03 Å². The molecule has 0 heterocycles. The van der Waals surface area contributed by atoms with Crippen LogP contribution < -0.4 is 10.6 Å². The molecule has 0 aromatic heterocycles. The van der Waals surface area contributed by atoms with Gasteiger partial charge in [0.05, 0.1) is 0 Å². The fourth-order valence-corrected chi connectivity index (χ4v) is 2.71. The van der Waals surface area contributed by atoms with Gasteiger partial charge in [0, 0.05) is 12.7 Å². The fraction of sp³-hybridized carbons (Fsp3) is 0.471. The molecule has 3 nitrogen and oxygen atoms in total. The van der Waals surface area contributed by atoms with E-state index < -0.39 is 0 Å². The lowest BCUT2D eigenvalue weighted by Gasteiger charge is -2.11. The van der Waals surface area contributed by atoms with E-state index in [1.165, 1.54) is 36.8 Å². The molecule has 2 amide bonds. The molecular weight excluding hydrogens is 248 g/mol. The summed E-state index contributed by atoms with van der Waals surface area (Å²) < 4.78 is 0. The summed E-state index contributed by atoms with van der Waals surface area (Å²) in [4.78, 5) is 11.8. The summed E-state index contributed by atoms with van der Waals surface area (Å²) in [6.07, 6.45) is 7.01. The predicted molar refractivity (Wildman–Crippen MR) is 82.3 cm³/mol. The summed E-state index contributed by atoms with van der Waals surface area (Å²) in [6.45, 7) is 4.73. The Morgan fingerprint density at radius 3 is 2.70 bits per heavy atom. The molecule has 1 fully saturated rings. The third-order valence-corrected chi connectivity index (χ3v) is 4.13. The van der Waals surface area contributed by atoms with Crippen molar-refractivity contribution in [1.29, 1.82) is 0 Å². The Hall–Kier alpha value is -1.77. The molecule has 0 atom stereocenters. The first-order chi connectivity index (χ1) is 9.66. The molecule has 1 saturated carbocycles. The van der Waals surface area contributed by atoms with Crippen molar-refractivity contribution in [2.24, 2.45) is 5.92 Å². The lowest BCUT2D eigenvalue weighted by molar-refractivity contribution is 0.243. The van der Waals surface area contributed by atoms with Crippen molar-refractivity contribution in [3.05, 3.63) is 47.2 Å². The highest BCUT2D eigenvalue weighted by molar-refractivity contribution is 5.75. The van der Waals surface area contributed by atoms with Crippen molar-refractivity contribution in [2.45, 2.75) is 46.1 Å². The highest BCUT2D eigenvalue weighted by Gasteiger charge is 2.16. The Kier molecular flexibility index (Phi) is 5.22. The smallest absolute Gasteiger partial charge is 0.319 e. The van der Waals surface area contributed by atoms with E-state index in [9.17, 15) is 4.79 Å². The SMILES string of the molecule is C/C(=C\NC(=O)NCc1ccccc1C)C1CCCC1. The summed E-state index contributed by atoms with van der Waals surface area (Å²) in [5.74, 6) is 0.659. The molecule has 0 spiro atoms. The van der Waals surface area contributed by atoms with Crippen molar-refractivity contribution in [1.82, 2.24) is 10.6 Å². The topological polar surface area (TPSA) is 41.1 Å². The number of urea groups is 1. The Morgan fingerprint density at radius 1 is 1.30 bits per heavy atom. The second kappa shape index (κ2) is 7.13. The van der Waals surface area contributed by atoms with Gasteiger partial charge in [0.25, 0.3) is 0 Å². The van der Waals surface area contributed by atoms with Crippen LogP contribution in [-0.2, 0) is 6.54 Å². The highest BCUT2D eigenvalue weighted by atomic mass is 16.2. The van der Waals surface area contributed by atoms with Crippen LogP contribution in [0.2, 0.25) is 0 Å². The van der Waals surface area contributed by atoms with Gasteiger partial charge in [-0.15, -0.1) is 0 Å². The number of hydrogen-bond acceptors (Lipinski definition) is 1. The first-order valence-corrected chi connectivity index (χ1v) is 7.42. The molecule has 2 rings (SSSR count). The van der Waals surface area contributed by atoms with Crippen LogP contribution >= 0.6 is 0 Å². The largest absolute Gasteiger partial charge is 0.334 e. The van der Waals surface area contributed by atoms with Crippen LogP contribution in [0.1, 0.15) is 43.7 Å². The number of carbonyl (C=O) groups excluding carboxylic acids is 1. The standard InChI is InChI=1S/C17H24N2O/c1-13-7-3-4-10-16(13)12-19-17(20)18-11-14(2)15-8-5-6-9-15/h3-4,7,10-11,15H,5-6,8-9,12H2,1-2H3,(H2,18,19,20)/b14-11+. The highest BCUT2D eigenvalue weighted by Crippen LogP contribution is 2.30. The molecule has 1 aromatic rings. The third-order valence-electron chi connectivity index (χ3n) is 4.13. The van der Waals surface area contributed by atoms with Gasteiger partial charge in [0.1, 0.15) is 0 Å². The normalized spacial score (nSPS) is 16.2. The minimum absolute atomic E-state index is 0.134. The van der Waals surface area contributed by atoms with Crippen LogP contribution in [0.15, 0.2) is 36.0 Å². The van der Waals surface area contributed by atoms with Gasteiger partial charge in [0.15, 0.2) is 0 Å². The van der Waals surface area contributed by atoms with E-state index in [0.29, 0.717) is 12.5 Å². The Morgan fingerprint density at radius 2 is 2.00 bits per heavy atom. The summed E-state index contributed by atoms with van der Waals surface area (Å²) in [7, 11) is 0. The van der Waals surface area contributed by atoms with Gasteiger partial charge in [-0.3, -0.25) is 0 Å². The molecular formula is C17H24N2O. The molecule has 0 unspecified atom stereocenters. The van der Waals surface area contributed by atoms with E-state index >= 15 is 0 Å². The van der Waals surface area contributed by atoms with Crippen LogP contribution in [0.4, 0.5) is 4.79 Å². The number of hydrogen-bond donors (Lipinski definition) is 2. The van der Waals surface area contributed by atoms with Crippen molar-refractivity contribution in [2.75, 3.05) is 0 Å². The monoisotopic (exact) mass is 272 g/mol. The number of benzene rings is 1. The van der Waals surface area contributed by atoms with Crippen LogP contribution in [0.3, 0.4) is 0 Å². The van der Waals surface area contributed by atoms with Gasteiger partial charge in [-0.05, 0) is 43.7 Å². The van der Waals surface area contributed by atoms with Gasteiger partial charge >= 0.3 is 6.03 Å². The van der Waals surface area contributed by atoms with Crippen molar-refractivity contribution in [3.8, 4) is 0 Å². The zero-order chi connectivity index (χ0) is 14.4. The number of rotatable bonds is 4. The van der Waals surface area contributed by atoms with E-state index in [4.69, 9.17) is 0 Å². The second-order valence-corrected chi connectivity index (χ2v) is 5.62. The van der Waals surface area contributed by atoms with Gasteiger partial charge in [-0.1, -0.05) is 42.7 Å². The average Bonchev–Trinajstić information content (AvgIpc) is 2.98. The molecule has 3 heteroatoms. The molecule has 2 N–H and O–H groups in total. The zero-order valence-electron chi connectivity index (χ0n) is 12.4.